The van der Waals surface area contributed by atoms with Crippen molar-refractivity contribution in [3.63, 3.8) is 0 Å². The van der Waals surface area contributed by atoms with Crippen LogP contribution < -0.4 is 5.73 Å². The smallest absolute Gasteiger partial charge is 0.203 e. The van der Waals surface area contributed by atoms with Crippen LogP contribution in [0.1, 0.15) is 11.4 Å². The first-order valence-electron chi connectivity index (χ1n) is 4.12. The summed E-state index contributed by atoms with van der Waals surface area (Å²) in [4.78, 5) is 0. The van der Waals surface area contributed by atoms with E-state index in [1.165, 1.54) is 11.3 Å². The Hall–Kier alpha value is -0.720. The van der Waals surface area contributed by atoms with E-state index in [1.54, 1.807) is 0 Å². The summed E-state index contributed by atoms with van der Waals surface area (Å²) in [5.41, 5.74) is 5.43. The van der Waals surface area contributed by atoms with Gasteiger partial charge in [-0.2, -0.15) is 0 Å². The third-order valence-corrected chi connectivity index (χ3v) is 2.54. The van der Waals surface area contributed by atoms with Crippen LogP contribution >= 0.6 is 11.3 Å². The molecule has 1 aliphatic rings. The predicted octanol–water partition coefficient (Wildman–Crippen LogP) is 0.426. The van der Waals surface area contributed by atoms with E-state index in [0.29, 0.717) is 18.3 Å². The molecule has 6 heteroatoms. The summed E-state index contributed by atoms with van der Waals surface area (Å²) in [7, 11) is 0. The molecule has 72 valence electrons. The van der Waals surface area contributed by atoms with Gasteiger partial charge in [0.15, 0.2) is 0 Å². The second-order valence-corrected chi connectivity index (χ2v) is 3.92. The number of hydrogen-bond acceptors (Lipinski definition) is 6. The highest BCUT2D eigenvalue weighted by atomic mass is 32.1. The number of ether oxygens (including phenoxy) is 2. The standard InChI is InChI=1S/C7H11N3O2S/c8-7-10-9-6(13-7)4-12-5-1-2-11-3-5/h5H,1-4H2,(H2,8,10). The van der Waals surface area contributed by atoms with E-state index in [2.05, 4.69) is 10.2 Å². The van der Waals surface area contributed by atoms with Crippen molar-refractivity contribution in [3.8, 4) is 0 Å². The maximum Gasteiger partial charge on any atom is 0.203 e. The molecule has 1 aromatic rings. The minimum absolute atomic E-state index is 0.213. The lowest BCUT2D eigenvalue weighted by atomic mass is 10.3. The Labute approximate surface area is 79.9 Å². The molecular weight excluding hydrogens is 190 g/mol. The Morgan fingerprint density at radius 2 is 2.54 bits per heavy atom. The first-order valence-corrected chi connectivity index (χ1v) is 4.93. The molecule has 0 spiro atoms. The minimum atomic E-state index is 0.213. The fourth-order valence-corrected chi connectivity index (χ4v) is 1.69. The maximum absolute atomic E-state index is 5.53. The average molecular weight is 201 g/mol. The lowest BCUT2D eigenvalue weighted by Gasteiger charge is -2.06. The molecule has 13 heavy (non-hydrogen) atoms. The van der Waals surface area contributed by atoms with Crippen molar-refractivity contribution in [2.24, 2.45) is 0 Å². The molecule has 0 aromatic carbocycles. The number of nitrogens with two attached hydrogens (primary N) is 1. The van der Waals surface area contributed by atoms with Gasteiger partial charge in [0.1, 0.15) is 11.6 Å². The van der Waals surface area contributed by atoms with E-state index in [9.17, 15) is 0 Å². The normalized spacial score (nSPS) is 22.3. The van der Waals surface area contributed by atoms with Crippen molar-refractivity contribution in [1.82, 2.24) is 10.2 Å². The summed E-state index contributed by atoms with van der Waals surface area (Å²) in [6.45, 7) is 1.97. The molecule has 0 bridgehead atoms. The zero-order valence-electron chi connectivity index (χ0n) is 7.10. The average Bonchev–Trinajstić information content (AvgIpc) is 2.71. The highest BCUT2D eigenvalue weighted by Crippen LogP contribution is 2.15. The van der Waals surface area contributed by atoms with Crippen LogP contribution in [-0.2, 0) is 16.1 Å². The molecule has 0 radical (unpaired) electrons. The van der Waals surface area contributed by atoms with E-state index in [1.807, 2.05) is 0 Å². The van der Waals surface area contributed by atoms with Crippen molar-refractivity contribution in [2.75, 3.05) is 18.9 Å². The second-order valence-electron chi connectivity index (χ2n) is 2.83. The van der Waals surface area contributed by atoms with Gasteiger partial charge in [-0.1, -0.05) is 11.3 Å². The number of aromatic nitrogens is 2. The quantitative estimate of drug-likeness (QED) is 0.767. The molecule has 1 atom stereocenters. The largest absolute Gasteiger partial charge is 0.379 e. The fourth-order valence-electron chi connectivity index (χ4n) is 1.16. The maximum atomic E-state index is 5.53. The summed E-state index contributed by atoms with van der Waals surface area (Å²) in [6.07, 6.45) is 1.18. The lowest BCUT2D eigenvalue weighted by molar-refractivity contribution is 0.0314. The van der Waals surface area contributed by atoms with Gasteiger partial charge in [0.05, 0.1) is 12.7 Å². The summed E-state index contributed by atoms with van der Waals surface area (Å²) < 4.78 is 10.7. The van der Waals surface area contributed by atoms with Gasteiger partial charge < -0.3 is 15.2 Å². The summed E-state index contributed by atoms with van der Waals surface area (Å²) in [5.74, 6) is 0. The third-order valence-electron chi connectivity index (χ3n) is 1.81. The minimum Gasteiger partial charge on any atom is -0.379 e. The Balaban J connectivity index is 1.78. The van der Waals surface area contributed by atoms with Crippen molar-refractivity contribution in [1.29, 1.82) is 0 Å². The topological polar surface area (TPSA) is 70.3 Å². The van der Waals surface area contributed by atoms with Crippen LogP contribution in [0.3, 0.4) is 0 Å². The van der Waals surface area contributed by atoms with Gasteiger partial charge in [-0.3, -0.25) is 0 Å². The number of nitrogen functional groups attached to an aromatic ring is 1. The molecule has 2 heterocycles. The molecule has 2 rings (SSSR count). The molecule has 0 saturated carbocycles. The number of hydrogen-bond donors (Lipinski definition) is 1. The molecular formula is C7H11N3O2S. The molecule has 5 nitrogen and oxygen atoms in total. The Morgan fingerprint density at radius 3 is 3.15 bits per heavy atom. The van der Waals surface area contributed by atoms with Gasteiger partial charge in [0.25, 0.3) is 0 Å². The van der Waals surface area contributed by atoms with Gasteiger partial charge in [0, 0.05) is 6.61 Å². The fraction of sp³-hybridized carbons (Fsp3) is 0.714. The van der Waals surface area contributed by atoms with Crippen LogP contribution in [0.5, 0.6) is 0 Å². The van der Waals surface area contributed by atoms with Crippen LogP contribution in [0.2, 0.25) is 0 Å². The van der Waals surface area contributed by atoms with Crippen molar-refractivity contribution >= 4 is 16.5 Å². The van der Waals surface area contributed by atoms with Crippen molar-refractivity contribution in [3.05, 3.63) is 5.01 Å². The van der Waals surface area contributed by atoms with Crippen LogP contribution in [0.4, 0.5) is 5.13 Å². The zero-order chi connectivity index (χ0) is 9.10. The van der Waals surface area contributed by atoms with Gasteiger partial charge in [-0.05, 0) is 6.42 Å². The molecule has 0 amide bonds. The highest BCUT2D eigenvalue weighted by Gasteiger charge is 2.16. The van der Waals surface area contributed by atoms with E-state index >= 15 is 0 Å². The van der Waals surface area contributed by atoms with E-state index in [-0.39, 0.29) is 6.10 Å². The van der Waals surface area contributed by atoms with Gasteiger partial charge in [-0.15, -0.1) is 10.2 Å². The highest BCUT2D eigenvalue weighted by molar-refractivity contribution is 7.15. The van der Waals surface area contributed by atoms with E-state index in [0.717, 1.165) is 18.0 Å². The molecule has 0 aliphatic carbocycles. The number of rotatable bonds is 3. The van der Waals surface area contributed by atoms with Crippen LogP contribution in [0.25, 0.3) is 0 Å². The van der Waals surface area contributed by atoms with Crippen LogP contribution in [0, 0.1) is 0 Å². The Bertz CT molecular complexity index is 272. The molecule has 1 fully saturated rings. The van der Waals surface area contributed by atoms with Gasteiger partial charge in [-0.25, -0.2) is 0 Å². The number of nitrogens with zero attached hydrogens (tertiary/aromatic N) is 2. The summed E-state index contributed by atoms with van der Waals surface area (Å²) >= 11 is 1.36. The van der Waals surface area contributed by atoms with Crippen molar-refractivity contribution in [2.45, 2.75) is 19.1 Å². The van der Waals surface area contributed by atoms with Gasteiger partial charge >= 0.3 is 0 Å². The first kappa shape index (κ1) is 8.86. The van der Waals surface area contributed by atoms with Gasteiger partial charge in [0.2, 0.25) is 5.13 Å². The number of anilines is 1. The second kappa shape index (κ2) is 3.99. The Kier molecular flexibility index (Phi) is 2.72. The van der Waals surface area contributed by atoms with Crippen molar-refractivity contribution < 1.29 is 9.47 Å². The predicted molar refractivity (Wildman–Crippen MR) is 48.3 cm³/mol. The SMILES string of the molecule is Nc1nnc(COC2CCOC2)s1. The summed E-state index contributed by atoms with van der Waals surface area (Å²) in [5, 5.41) is 8.86. The third kappa shape index (κ3) is 2.36. The lowest BCUT2D eigenvalue weighted by Crippen LogP contribution is -2.11. The molecule has 1 aromatic heterocycles. The molecule has 1 unspecified atom stereocenters. The van der Waals surface area contributed by atoms with E-state index in [4.69, 9.17) is 15.2 Å². The first-order chi connectivity index (χ1) is 6.34. The molecule has 1 aliphatic heterocycles. The zero-order valence-corrected chi connectivity index (χ0v) is 7.92. The molecule has 1 saturated heterocycles. The van der Waals surface area contributed by atoms with E-state index < -0.39 is 0 Å². The van der Waals surface area contributed by atoms with Crippen LogP contribution in [-0.4, -0.2) is 29.5 Å². The Morgan fingerprint density at radius 1 is 1.62 bits per heavy atom. The molecule has 2 N–H and O–H groups in total. The monoisotopic (exact) mass is 201 g/mol. The van der Waals surface area contributed by atoms with Crippen LogP contribution in [0.15, 0.2) is 0 Å². The summed E-state index contributed by atoms with van der Waals surface area (Å²) in [6, 6.07) is 0.